The molecule has 1 amide bonds. The first-order valence-electron chi connectivity index (χ1n) is 5.41. The van der Waals surface area contributed by atoms with Gasteiger partial charge >= 0.3 is 0 Å². The van der Waals surface area contributed by atoms with E-state index in [-0.39, 0.29) is 22.0 Å². The van der Waals surface area contributed by atoms with E-state index in [1.54, 1.807) is 13.8 Å². The maximum Gasteiger partial charge on any atom is 0.241 e. The number of carbonyl (C=O) groups excluding carboxylic acids is 1. The van der Waals surface area contributed by atoms with Crippen molar-refractivity contribution in [2.24, 2.45) is 5.73 Å². The van der Waals surface area contributed by atoms with Gasteiger partial charge in [-0.1, -0.05) is 11.6 Å². The van der Waals surface area contributed by atoms with Crippen molar-refractivity contribution >= 4 is 33.2 Å². The van der Waals surface area contributed by atoms with E-state index < -0.39 is 21.5 Å². The standard InChI is InChI=1S/C11H16ClN3O3S/c1-11(2,6-10(14)16)15-19(17,18)7-3-4-8(12)9(13)5-7/h3-5,15H,6,13H2,1-2H3,(H2,14,16). The summed E-state index contributed by atoms with van der Waals surface area (Å²) in [5.74, 6) is -0.594. The molecule has 0 saturated heterocycles. The Balaban J connectivity index is 3.04. The van der Waals surface area contributed by atoms with Crippen LogP contribution < -0.4 is 16.2 Å². The van der Waals surface area contributed by atoms with Crippen molar-refractivity contribution in [2.75, 3.05) is 5.73 Å². The molecule has 0 fully saturated rings. The van der Waals surface area contributed by atoms with Gasteiger partial charge in [-0.25, -0.2) is 13.1 Å². The molecule has 0 heterocycles. The Morgan fingerprint density at radius 2 is 2.00 bits per heavy atom. The van der Waals surface area contributed by atoms with Crippen molar-refractivity contribution in [1.82, 2.24) is 4.72 Å². The van der Waals surface area contributed by atoms with Crippen molar-refractivity contribution < 1.29 is 13.2 Å². The summed E-state index contributed by atoms with van der Waals surface area (Å²) in [6.45, 7) is 3.13. The first-order chi connectivity index (χ1) is 8.53. The average molecular weight is 306 g/mol. The summed E-state index contributed by atoms with van der Waals surface area (Å²) >= 11 is 5.73. The monoisotopic (exact) mass is 305 g/mol. The second-order valence-corrected chi connectivity index (χ2v) is 6.91. The first-order valence-corrected chi connectivity index (χ1v) is 7.27. The van der Waals surface area contributed by atoms with Crippen molar-refractivity contribution in [3.05, 3.63) is 23.2 Å². The SMILES string of the molecule is CC(C)(CC(N)=O)NS(=O)(=O)c1ccc(Cl)c(N)c1. The van der Waals surface area contributed by atoms with E-state index in [0.29, 0.717) is 0 Å². The van der Waals surface area contributed by atoms with E-state index in [9.17, 15) is 13.2 Å². The number of nitrogens with one attached hydrogen (secondary N) is 1. The zero-order chi connectivity index (χ0) is 14.8. The first kappa shape index (κ1) is 15.7. The van der Waals surface area contributed by atoms with E-state index in [0.717, 1.165) is 0 Å². The van der Waals surface area contributed by atoms with Crippen LogP contribution in [0.15, 0.2) is 23.1 Å². The smallest absolute Gasteiger partial charge is 0.241 e. The second-order valence-electron chi connectivity index (χ2n) is 4.82. The molecule has 1 aromatic rings. The molecule has 1 aromatic carbocycles. The molecule has 5 N–H and O–H groups in total. The normalized spacial score (nSPS) is 12.4. The Morgan fingerprint density at radius 3 is 2.47 bits per heavy atom. The number of sulfonamides is 1. The molecule has 1 rings (SSSR count). The van der Waals surface area contributed by atoms with Crippen LogP contribution in [0.5, 0.6) is 0 Å². The Morgan fingerprint density at radius 1 is 1.42 bits per heavy atom. The van der Waals surface area contributed by atoms with Gasteiger partial charge in [-0.3, -0.25) is 4.79 Å². The largest absolute Gasteiger partial charge is 0.397 e. The number of hydrogen-bond donors (Lipinski definition) is 3. The summed E-state index contributed by atoms with van der Waals surface area (Å²) in [4.78, 5) is 10.9. The number of nitrogen functional groups attached to an aromatic ring is 1. The minimum atomic E-state index is -3.80. The highest BCUT2D eigenvalue weighted by Gasteiger charge is 2.28. The fourth-order valence-electron chi connectivity index (χ4n) is 1.58. The highest BCUT2D eigenvalue weighted by Crippen LogP contribution is 2.23. The molecule has 0 aliphatic carbocycles. The van der Waals surface area contributed by atoms with E-state index >= 15 is 0 Å². The van der Waals surface area contributed by atoms with Gasteiger partial charge in [0.1, 0.15) is 0 Å². The van der Waals surface area contributed by atoms with Gasteiger partial charge in [0.25, 0.3) is 0 Å². The number of hydrogen-bond acceptors (Lipinski definition) is 4. The summed E-state index contributed by atoms with van der Waals surface area (Å²) < 4.78 is 26.7. The lowest BCUT2D eigenvalue weighted by molar-refractivity contribution is -0.119. The zero-order valence-corrected chi connectivity index (χ0v) is 12.2. The molecule has 106 valence electrons. The molecule has 8 heteroatoms. The molecule has 6 nitrogen and oxygen atoms in total. The second kappa shape index (κ2) is 5.36. The number of anilines is 1. The van der Waals surface area contributed by atoms with Crippen LogP contribution in [0, 0.1) is 0 Å². The van der Waals surface area contributed by atoms with Crippen molar-refractivity contribution in [3.63, 3.8) is 0 Å². The lowest BCUT2D eigenvalue weighted by Gasteiger charge is -2.24. The fraction of sp³-hybridized carbons (Fsp3) is 0.364. The van der Waals surface area contributed by atoms with Gasteiger partial charge in [0.05, 0.1) is 15.6 Å². The molecular formula is C11H16ClN3O3S. The molecule has 0 aliphatic rings. The van der Waals surface area contributed by atoms with Crippen molar-refractivity contribution in [2.45, 2.75) is 30.7 Å². The maximum absolute atomic E-state index is 12.1. The highest BCUT2D eigenvalue weighted by atomic mass is 35.5. The van der Waals surface area contributed by atoms with Crippen molar-refractivity contribution in [3.8, 4) is 0 Å². The molecule has 0 radical (unpaired) electrons. The Kier molecular flexibility index (Phi) is 4.44. The summed E-state index contributed by atoms with van der Waals surface area (Å²) in [5, 5.41) is 0.273. The van der Waals surface area contributed by atoms with Gasteiger partial charge in [-0.15, -0.1) is 0 Å². The highest BCUT2D eigenvalue weighted by molar-refractivity contribution is 7.89. The number of halogens is 1. The number of nitrogens with two attached hydrogens (primary N) is 2. The van der Waals surface area contributed by atoms with E-state index in [1.165, 1.54) is 18.2 Å². The number of benzene rings is 1. The molecule has 0 saturated carbocycles. The predicted molar refractivity (Wildman–Crippen MR) is 74.1 cm³/mol. The van der Waals surface area contributed by atoms with E-state index in [1.807, 2.05) is 0 Å². The van der Waals surface area contributed by atoms with Crippen LogP contribution in [-0.4, -0.2) is 19.9 Å². The number of carbonyl (C=O) groups is 1. The third-order valence-corrected chi connectivity index (χ3v) is 4.34. The lowest BCUT2D eigenvalue weighted by atomic mass is 10.0. The maximum atomic E-state index is 12.1. The average Bonchev–Trinajstić information content (AvgIpc) is 2.17. The quantitative estimate of drug-likeness (QED) is 0.699. The van der Waals surface area contributed by atoms with E-state index in [2.05, 4.69) is 4.72 Å². The third kappa shape index (κ3) is 4.38. The molecule has 19 heavy (non-hydrogen) atoms. The molecule has 0 aromatic heterocycles. The van der Waals surface area contributed by atoms with Crippen LogP contribution in [0.2, 0.25) is 5.02 Å². The van der Waals surface area contributed by atoms with Crippen LogP contribution in [0.4, 0.5) is 5.69 Å². The molecular weight excluding hydrogens is 290 g/mol. The van der Waals surface area contributed by atoms with Gasteiger partial charge in [-0.2, -0.15) is 0 Å². The Bertz CT molecular complexity index is 599. The van der Waals surface area contributed by atoms with Crippen LogP contribution in [0.3, 0.4) is 0 Å². The Labute approximate surface area is 117 Å². The number of rotatable bonds is 5. The van der Waals surface area contributed by atoms with Crippen LogP contribution >= 0.6 is 11.6 Å². The van der Waals surface area contributed by atoms with Crippen LogP contribution in [0.1, 0.15) is 20.3 Å². The fourth-order valence-corrected chi connectivity index (χ4v) is 3.15. The lowest BCUT2D eigenvalue weighted by Crippen LogP contribution is -2.45. The number of amides is 1. The molecule has 0 bridgehead atoms. The van der Waals surface area contributed by atoms with Gasteiger partial charge in [0.2, 0.25) is 15.9 Å². The van der Waals surface area contributed by atoms with Crippen molar-refractivity contribution in [1.29, 1.82) is 0 Å². The van der Waals surface area contributed by atoms with Gasteiger partial charge in [0.15, 0.2) is 0 Å². The summed E-state index contributed by atoms with van der Waals surface area (Å²) in [5.41, 5.74) is 9.81. The summed E-state index contributed by atoms with van der Waals surface area (Å²) in [7, 11) is -3.80. The van der Waals surface area contributed by atoms with Gasteiger partial charge < -0.3 is 11.5 Å². The Hall–Kier alpha value is -1.31. The molecule has 0 unspecified atom stereocenters. The predicted octanol–water partition coefficient (Wildman–Crippen LogP) is 0.855. The summed E-state index contributed by atoms with van der Waals surface area (Å²) in [6.07, 6.45) is -0.116. The third-order valence-electron chi connectivity index (χ3n) is 2.30. The minimum absolute atomic E-state index is 0.0213. The van der Waals surface area contributed by atoms with Crippen LogP contribution in [-0.2, 0) is 14.8 Å². The molecule has 0 atom stereocenters. The topological polar surface area (TPSA) is 115 Å². The van der Waals surface area contributed by atoms with Gasteiger partial charge in [0, 0.05) is 12.0 Å². The van der Waals surface area contributed by atoms with Gasteiger partial charge in [-0.05, 0) is 32.0 Å². The van der Waals surface area contributed by atoms with Crippen LogP contribution in [0.25, 0.3) is 0 Å². The van der Waals surface area contributed by atoms with E-state index in [4.69, 9.17) is 23.1 Å². The zero-order valence-electron chi connectivity index (χ0n) is 10.6. The summed E-state index contributed by atoms with van der Waals surface area (Å²) in [6, 6.07) is 3.99. The minimum Gasteiger partial charge on any atom is -0.397 e. The molecule has 0 spiro atoms. The molecule has 0 aliphatic heterocycles. The number of primary amides is 1.